The predicted molar refractivity (Wildman–Crippen MR) is 91.0 cm³/mol. The summed E-state index contributed by atoms with van der Waals surface area (Å²) in [6.07, 6.45) is 5.43. The lowest BCUT2D eigenvalue weighted by Crippen LogP contribution is -2.32. The van der Waals surface area contributed by atoms with Crippen LogP contribution in [0.5, 0.6) is 0 Å². The zero-order valence-corrected chi connectivity index (χ0v) is 14.6. The summed E-state index contributed by atoms with van der Waals surface area (Å²) in [6, 6.07) is 0.150. The molecule has 0 bridgehead atoms. The summed E-state index contributed by atoms with van der Waals surface area (Å²) in [5, 5.41) is 14.6. The van der Waals surface area contributed by atoms with Crippen molar-refractivity contribution in [3.8, 4) is 0 Å². The average Bonchev–Trinajstić information content (AvgIpc) is 3.06. The van der Waals surface area contributed by atoms with Crippen LogP contribution in [0.15, 0.2) is 0 Å². The molecule has 0 radical (unpaired) electrons. The Kier molecular flexibility index (Phi) is 7.68. The topological polar surface area (TPSA) is 105 Å². The number of thioether (sulfide) groups is 1. The lowest BCUT2D eigenvalue weighted by molar-refractivity contribution is -0.137. The molecule has 2 unspecified atom stereocenters. The van der Waals surface area contributed by atoms with E-state index < -0.39 is 5.97 Å². The van der Waals surface area contributed by atoms with Crippen LogP contribution in [-0.2, 0) is 14.3 Å². The van der Waals surface area contributed by atoms with Gasteiger partial charge >= 0.3 is 12.1 Å². The van der Waals surface area contributed by atoms with Gasteiger partial charge in [-0.05, 0) is 25.7 Å². The van der Waals surface area contributed by atoms with Gasteiger partial charge in [-0.3, -0.25) is 9.59 Å². The van der Waals surface area contributed by atoms with Crippen LogP contribution >= 0.6 is 11.8 Å². The number of nitrogens with one attached hydrogen (secondary N) is 2. The smallest absolute Gasteiger partial charge is 0.407 e. The van der Waals surface area contributed by atoms with Crippen LogP contribution in [0.2, 0.25) is 0 Å². The van der Waals surface area contributed by atoms with E-state index in [0.29, 0.717) is 24.6 Å². The highest BCUT2D eigenvalue weighted by atomic mass is 32.2. The van der Waals surface area contributed by atoms with Crippen molar-refractivity contribution in [2.24, 2.45) is 0 Å². The van der Waals surface area contributed by atoms with Crippen molar-refractivity contribution in [3.63, 3.8) is 0 Å². The Bertz CT molecular complexity index is 460. The van der Waals surface area contributed by atoms with Crippen LogP contribution in [0.1, 0.15) is 51.4 Å². The molecule has 0 aromatic carbocycles. The minimum atomic E-state index is -0.770. The summed E-state index contributed by atoms with van der Waals surface area (Å²) >= 11 is 1.84. The molecule has 8 heteroatoms. The molecule has 0 aromatic heterocycles. The summed E-state index contributed by atoms with van der Waals surface area (Å²) in [5.41, 5.74) is 0. The Hall–Kier alpha value is -1.44. The molecule has 0 aliphatic carbocycles. The fourth-order valence-electron chi connectivity index (χ4n) is 3.04. The number of aliphatic carboxylic acids is 1. The lowest BCUT2D eigenvalue weighted by atomic mass is 10.0. The first-order valence-electron chi connectivity index (χ1n) is 8.63. The van der Waals surface area contributed by atoms with Crippen molar-refractivity contribution in [3.05, 3.63) is 0 Å². The third-order valence-electron chi connectivity index (χ3n) is 4.33. The number of carboxylic acid groups (broad SMARTS) is 1. The molecule has 3 N–H and O–H groups in total. The van der Waals surface area contributed by atoms with E-state index in [1.165, 1.54) is 0 Å². The minimum absolute atomic E-state index is 0.0119. The number of unbranched alkanes of at least 4 members (excludes halogenated alkanes) is 3. The number of alkyl carbamates (subject to hydrolysis) is 1. The fraction of sp³-hybridized carbons (Fsp3) is 0.812. The van der Waals surface area contributed by atoms with Crippen LogP contribution in [0.4, 0.5) is 4.79 Å². The first-order valence-corrected chi connectivity index (χ1v) is 9.68. The Morgan fingerprint density at radius 3 is 2.79 bits per heavy atom. The van der Waals surface area contributed by atoms with E-state index in [2.05, 4.69) is 10.6 Å². The third kappa shape index (κ3) is 6.22. The molecule has 136 valence electrons. The predicted octanol–water partition coefficient (Wildman–Crippen LogP) is 1.90. The highest BCUT2D eigenvalue weighted by molar-refractivity contribution is 8.00. The van der Waals surface area contributed by atoms with E-state index in [0.717, 1.165) is 37.9 Å². The van der Waals surface area contributed by atoms with Gasteiger partial charge in [-0.25, -0.2) is 4.79 Å². The van der Waals surface area contributed by atoms with Crippen LogP contribution in [0.25, 0.3) is 0 Å². The van der Waals surface area contributed by atoms with Gasteiger partial charge in [-0.1, -0.05) is 12.8 Å². The molecule has 2 saturated heterocycles. The third-order valence-corrected chi connectivity index (χ3v) is 5.81. The van der Waals surface area contributed by atoms with Crippen LogP contribution < -0.4 is 10.6 Å². The number of ether oxygens (including phenoxy) is 1. The van der Waals surface area contributed by atoms with E-state index in [9.17, 15) is 14.4 Å². The Morgan fingerprint density at radius 1 is 1.21 bits per heavy atom. The molecule has 2 aliphatic rings. The maximum absolute atomic E-state index is 11.7. The molecule has 0 spiro atoms. The molecule has 2 rings (SSSR count). The molecule has 0 saturated carbocycles. The molecule has 24 heavy (non-hydrogen) atoms. The van der Waals surface area contributed by atoms with E-state index in [1.807, 2.05) is 11.8 Å². The summed E-state index contributed by atoms with van der Waals surface area (Å²) in [4.78, 5) is 33.3. The second-order valence-electron chi connectivity index (χ2n) is 6.29. The fourth-order valence-corrected chi connectivity index (χ4v) is 4.54. The van der Waals surface area contributed by atoms with Crippen molar-refractivity contribution >= 4 is 29.7 Å². The van der Waals surface area contributed by atoms with Crippen LogP contribution in [-0.4, -0.2) is 52.8 Å². The van der Waals surface area contributed by atoms with Crippen molar-refractivity contribution in [1.82, 2.24) is 10.6 Å². The summed E-state index contributed by atoms with van der Waals surface area (Å²) in [7, 11) is 0. The van der Waals surface area contributed by atoms with Gasteiger partial charge in [0.1, 0.15) is 6.10 Å². The van der Waals surface area contributed by atoms with E-state index in [4.69, 9.17) is 9.84 Å². The standard InChI is InChI=1S/C16H26N2O5S/c19-13(17-9-5-1-2-8-14(20)21)7-4-3-6-12-15-11(10-24-12)18-16(22)23-15/h11-12,15H,1-10H2,(H,17,19)(H,18,22)(H,20,21)/t11?,12?,15-/m0/s1. The quantitative estimate of drug-likeness (QED) is 0.487. The van der Waals surface area contributed by atoms with Crippen molar-refractivity contribution in [1.29, 1.82) is 0 Å². The number of hydrogen-bond acceptors (Lipinski definition) is 5. The van der Waals surface area contributed by atoms with Gasteiger partial charge in [0.25, 0.3) is 0 Å². The molecule has 2 heterocycles. The van der Waals surface area contributed by atoms with E-state index in [1.54, 1.807) is 0 Å². The minimum Gasteiger partial charge on any atom is -0.481 e. The van der Waals surface area contributed by atoms with Gasteiger partial charge in [0.2, 0.25) is 5.91 Å². The highest BCUT2D eigenvalue weighted by Crippen LogP contribution is 2.35. The van der Waals surface area contributed by atoms with Crippen molar-refractivity contribution in [2.45, 2.75) is 68.8 Å². The Morgan fingerprint density at radius 2 is 2.00 bits per heavy atom. The zero-order chi connectivity index (χ0) is 17.4. The number of amides is 2. The van der Waals surface area contributed by atoms with Crippen LogP contribution in [0.3, 0.4) is 0 Å². The Balaban J connectivity index is 1.45. The highest BCUT2D eigenvalue weighted by Gasteiger charge is 2.44. The number of carboxylic acids is 1. The number of hydrogen-bond donors (Lipinski definition) is 3. The molecule has 2 fully saturated rings. The van der Waals surface area contributed by atoms with Crippen molar-refractivity contribution in [2.75, 3.05) is 12.3 Å². The van der Waals surface area contributed by atoms with Gasteiger partial charge in [0, 0.05) is 30.4 Å². The molecule has 3 atom stereocenters. The van der Waals surface area contributed by atoms with Gasteiger partial charge in [0.15, 0.2) is 0 Å². The number of carbonyl (C=O) groups excluding carboxylic acids is 2. The molecular formula is C16H26N2O5S. The van der Waals surface area contributed by atoms with Gasteiger partial charge in [0.05, 0.1) is 6.04 Å². The first kappa shape index (κ1) is 18.9. The number of rotatable bonds is 11. The molecular weight excluding hydrogens is 332 g/mol. The Labute approximate surface area is 146 Å². The normalized spacial score (nSPS) is 25.0. The van der Waals surface area contributed by atoms with E-state index in [-0.39, 0.29) is 30.6 Å². The molecule has 7 nitrogen and oxygen atoms in total. The van der Waals surface area contributed by atoms with Gasteiger partial charge in [-0.2, -0.15) is 11.8 Å². The number of fused-ring (bicyclic) bond motifs is 1. The zero-order valence-electron chi connectivity index (χ0n) is 13.8. The van der Waals surface area contributed by atoms with Crippen molar-refractivity contribution < 1.29 is 24.2 Å². The average molecular weight is 358 g/mol. The second-order valence-corrected chi connectivity index (χ2v) is 7.56. The van der Waals surface area contributed by atoms with E-state index >= 15 is 0 Å². The number of carbonyl (C=O) groups is 3. The summed E-state index contributed by atoms with van der Waals surface area (Å²) in [6.45, 7) is 0.613. The summed E-state index contributed by atoms with van der Waals surface area (Å²) < 4.78 is 5.29. The van der Waals surface area contributed by atoms with Crippen LogP contribution in [0, 0.1) is 0 Å². The monoisotopic (exact) mass is 358 g/mol. The molecule has 0 aromatic rings. The van der Waals surface area contributed by atoms with Gasteiger partial charge < -0.3 is 20.5 Å². The SMILES string of the molecule is O=C(O)CCCCCNC(=O)CCCCC1SCC2NC(=O)O[C@@H]21. The maximum atomic E-state index is 11.7. The first-order chi connectivity index (χ1) is 11.6. The molecule has 2 amide bonds. The largest absolute Gasteiger partial charge is 0.481 e. The molecule has 2 aliphatic heterocycles. The van der Waals surface area contributed by atoms with Gasteiger partial charge in [-0.15, -0.1) is 0 Å². The summed E-state index contributed by atoms with van der Waals surface area (Å²) in [5.74, 6) is 0.191. The maximum Gasteiger partial charge on any atom is 0.407 e. The second kappa shape index (κ2) is 9.76. The lowest BCUT2D eigenvalue weighted by Gasteiger charge is -2.15.